The zero-order valence-electron chi connectivity index (χ0n) is 6.79. The van der Waals surface area contributed by atoms with Crippen LogP contribution in [0.25, 0.3) is 0 Å². The molecule has 0 saturated carbocycles. The summed E-state index contributed by atoms with van der Waals surface area (Å²) >= 11 is 1.30. The summed E-state index contributed by atoms with van der Waals surface area (Å²) < 4.78 is 0. The Morgan fingerprint density at radius 3 is 2.17 bits per heavy atom. The summed E-state index contributed by atoms with van der Waals surface area (Å²) in [6, 6.07) is 0. The van der Waals surface area contributed by atoms with Crippen LogP contribution in [-0.4, -0.2) is 55.8 Å². The van der Waals surface area contributed by atoms with Crippen LogP contribution in [0.1, 0.15) is 6.92 Å². The van der Waals surface area contributed by atoms with E-state index in [1.54, 1.807) is 6.92 Å². The highest BCUT2D eigenvalue weighted by atomic mass is 32.2. The Labute approximate surface area is 75.2 Å². The molecule has 0 spiro atoms. The van der Waals surface area contributed by atoms with Gasteiger partial charge in [-0.15, -0.1) is 11.8 Å². The quantitative estimate of drug-likeness (QED) is 0.411. The van der Waals surface area contributed by atoms with Gasteiger partial charge in [-0.25, -0.2) is 0 Å². The molecule has 0 radical (unpaired) electrons. The standard InChI is InChI=1S/C7H14O4S/c1-3-5(9)7(11)6(10)4(2-8)12-3/h3-11H,2H2,1H3/t3?,4-,5+,6-,7-/m1/s1. The molecule has 4 N–H and O–H groups in total. The van der Waals surface area contributed by atoms with E-state index in [-0.39, 0.29) is 11.9 Å². The molecule has 1 saturated heterocycles. The summed E-state index contributed by atoms with van der Waals surface area (Å²) in [4.78, 5) is 0. The Balaban J connectivity index is 2.63. The second kappa shape index (κ2) is 3.93. The van der Waals surface area contributed by atoms with E-state index in [2.05, 4.69) is 0 Å². The number of thioether (sulfide) groups is 1. The van der Waals surface area contributed by atoms with Crippen molar-refractivity contribution >= 4 is 11.8 Å². The van der Waals surface area contributed by atoms with Gasteiger partial charge in [0.25, 0.3) is 0 Å². The summed E-state index contributed by atoms with van der Waals surface area (Å²) in [6.07, 6.45) is -3.09. The molecule has 5 atom stereocenters. The Hall–Kier alpha value is 0.190. The fourth-order valence-electron chi connectivity index (χ4n) is 1.29. The maximum atomic E-state index is 9.33. The van der Waals surface area contributed by atoms with Gasteiger partial charge in [0.2, 0.25) is 0 Å². The third-order valence-electron chi connectivity index (χ3n) is 2.13. The minimum atomic E-state index is -1.14. The average Bonchev–Trinajstić information content (AvgIpc) is 2.08. The molecule has 0 bridgehead atoms. The van der Waals surface area contributed by atoms with Crippen molar-refractivity contribution in [1.82, 2.24) is 0 Å². The monoisotopic (exact) mass is 194 g/mol. The van der Waals surface area contributed by atoms with Crippen LogP contribution in [0.5, 0.6) is 0 Å². The van der Waals surface area contributed by atoms with Crippen LogP contribution in [0.3, 0.4) is 0 Å². The molecule has 4 nitrogen and oxygen atoms in total. The lowest BCUT2D eigenvalue weighted by Crippen LogP contribution is -2.53. The average molecular weight is 194 g/mol. The molecule has 1 heterocycles. The molecule has 0 aromatic heterocycles. The first-order valence-electron chi connectivity index (χ1n) is 3.88. The largest absolute Gasteiger partial charge is 0.395 e. The van der Waals surface area contributed by atoms with E-state index in [9.17, 15) is 15.3 Å². The highest BCUT2D eigenvalue weighted by molar-refractivity contribution is 8.00. The fraction of sp³-hybridized carbons (Fsp3) is 1.00. The first kappa shape index (κ1) is 10.3. The topological polar surface area (TPSA) is 80.9 Å². The van der Waals surface area contributed by atoms with E-state index in [0.717, 1.165) is 0 Å². The van der Waals surface area contributed by atoms with E-state index in [4.69, 9.17) is 5.11 Å². The van der Waals surface area contributed by atoms with Crippen molar-refractivity contribution in [2.75, 3.05) is 6.61 Å². The highest BCUT2D eigenvalue weighted by Crippen LogP contribution is 2.31. The summed E-state index contributed by atoms with van der Waals surface area (Å²) in [5.74, 6) is 0. The number of hydrogen-bond donors (Lipinski definition) is 4. The molecule has 12 heavy (non-hydrogen) atoms. The molecule has 1 unspecified atom stereocenters. The van der Waals surface area contributed by atoms with E-state index >= 15 is 0 Å². The third kappa shape index (κ3) is 1.75. The first-order valence-corrected chi connectivity index (χ1v) is 4.82. The molecule has 0 aromatic rings. The van der Waals surface area contributed by atoms with Crippen LogP contribution in [0.2, 0.25) is 0 Å². The van der Waals surface area contributed by atoms with Crippen LogP contribution in [0, 0.1) is 0 Å². The van der Waals surface area contributed by atoms with Gasteiger partial charge in [0, 0.05) is 5.25 Å². The predicted octanol–water partition coefficient (Wildman–Crippen LogP) is -1.43. The minimum absolute atomic E-state index is 0.152. The van der Waals surface area contributed by atoms with E-state index in [1.807, 2.05) is 0 Å². The lowest BCUT2D eigenvalue weighted by Gasteiger charge is -2.37. The Bertz CT molecular complexity index is 150. The molecule has 1 fully saturated rings. The van der Waals surface area contributed by atoms with Crippen molar-refractivity contribution < 1.29 is 20.4 Å². The van der Waals surface area contributed by atoms with Gasteiger partial charge in [0.1, 0.15) is 6.10 Å². The molecule has 72 valence electrons. The molecule has 1 rings (SSSR count). The number of aliphatic hydroxyl groups is 4. The van der Waals surface area contributed by atoms with Gasteiger partial charge in [-0.3, -0.25) is 0 Å². The summed E-state index contributed by atoms with van der Waals surface area (Å²) in [7, 11) is 0. The van der Waals surface area contributed by atoms with Gasteiger partial charge < -0.3 is 20.4 Å². The normalized spacial score (nSPS) is 49.2. The Kier molecular flexibility index (Phi) is 3.37. The van der Waals surface area contributed by atoms with Gasteiger partial charge in [0.15, 0.2) is 0 Å². The van der Waals surface area contributed by atoms with Crippen molar-refractivity contribution in [3.05, 3.63) is 0 Å². The SMILES string of the molecule is CC1S[C@H](CO)[C@@H](O)[C@H](O)[C@H]1O. The van der Waals surface area contributed by atoms with Crippen molar-refractivity contribution in [1.29, 1.82) is 0 Å². The molecule has 0 amide bonds. The maximum Gasteiger partial charge on any atom is 0.108 e. The number of hydrogen-bond acceptors (Lipinski definition) is 5. The second-order valence-corrected chi connectivity index (χ2v) is 4.66. The van der Waals surface area contributed by atoms with Gasteiger partial charge in [0.05, 0.1) is 24.1 Å². The van der Waals surface area contributed by atoms with Crippen LogP contribution in [-0.2, 0) is 0 Å². The number of rotatable bonds is 1. The van der Waals surface area contributed by atoms with Gasteiger partial charge in [-0.05, 0) is 0 Å². The van der Waals surface area contributed by atoms with Crippen molar-refractivity contribution in [2.24, 2.45) is 0 Å². The van der Waals surface area contributed by atoms with E-state index in [0.29, 0.717) is 0 Å². The Morgan fingerprint density at radius 1 is 1.08 bits per heavy atom. The molecule has 5 heteroatoms. The fourth-order valence-corrected chi connectivity index (χ4v) is 2.57. The Morgan fingerprint density at radius 2 is 1.67 bits per heavy atom. The molecular formula is C7H14O4S. The van der Waals surface area contributed by atoms with Crippen LogP contribution < -0.4 is 0 Å². The molecule has 1 aliphatic rings. The maximum absolute atomic E-state index is 9.33. The number of aliphatic hydroxyl groups excluding tert-OH is 4. The molecule has 0 aromatic carbocycles. The zero-order valence-corrected chi connectivity index (χ0v) is 7.61. The van der Waals surface area contributed by atoms with E-state index in [1.165, 1.54) is 11.8 Å². The van der Waals surface area contributed by atoms with Crippen molar-refractivity contribution in [2.45, 2.75) is 35.7 Å². The molecule has 1 aliphatic heterocycles. The van der Waals surface area contributed by atoms with Gasteiger partial charge in [-0.1, -0.05) is 6.92 Å². The van der Waals surface area contributed by atoms with Crippen LogP contribution in [0.4, 0.5) is 0 Å². The summed E-state index contributed by atoms with van der Waals surface area (Å²) in [5, 5.41) is 36.2. The summed E-state index contributed by atoms with van der Waals surface area (Å²) in [5.41, 5.74) is 0. The predicted molar refractivity (Wildman–Crippen MR) is 45.9 cm³/mol. The lowest BCUT2D eigenvalue weighted by molar-refractivity contribution is -0.0680. The third-order valence-corrected chi connectivity index (χ3v) is 3.62. The van der Waals surface area contributed by atoms with Crippen LogP contribution in [0.15, 0.2) is 0 Å². The second-order valence-electron chi connectivity index (χ2n) is 3.03. The van der Waals surface area contributed by atoms with Gasteiger partial charge >= 0.3 is 0 Å². The van der Waals surface area contributed by atoms with Crippen molar-refractivity contribution in [3.8, 4) is 0 Å². The van der Waals surface area contributed by atoms with E-state index < -0.39 is 23.6 Å². The summed E-state index contributed by atoms with van der Waals surface area (Å²) in [6.45, 7) is 1.58. The zero-order chi connectivity index (χ0) is 9.30. The smallest absolute Gasteiger partial charge is 0.108 e. The first-order chi connectivity index (χ1) is 5.57. The van der Waals surface area contributed by atoms with Crippen LogP contribution >= 0.6 is 11.8 Å². The highest BCUT2D eigenvalue weighted by Gasteiger charge is 2.40. The minimum Gasteiger partial charge on any atom is -0.395 e. The van der Waals surface area contributed by atoms with Gasteiger partial charge in [-0.2, -0.15) is 0 Å². The molecular weight excluding hydrogens is 180 g/mol. The van der Waals surface area contributed by atoms with Crippen molar-refractivity contribution in [3.63, 3.8) is 0 Å². The molecule has 0 aliphatic carbocycles. The lowest BCUT2D eigenvalue weighted by atomic mass is 10.0.